The monoisotopic (exact) mass is 469 g/mol. The molecule has 2 aromatic rings. The summed E-state index contributed by atoms with van der Waals surface area (Å²) in [4.78, 5) is 17.3. The van der Waals surface area contributed by atoms with Gasteiger partial charge in [0, 0.05) is 12.1 Å². The quantitative estimate of drug-likeness (QED) is 0.288. The van der Waals surface area contributed by atoms with Crippen LogP contribution in [0.3, 0.4) is 0 Å². The van der Waals surface area contributed by atoms with Crippen molar-refractivity contribution in [1.29, 1.82) is 0 Å². The Bertz CT molecular complexity index is 1090. The highest BCUT2D eigenvalue weighted by atomic mass is 19.1. The van der Waals surface area contributed by atoms with Gasteiger partial charge >= 0.3 is 5.97 Å². The van der Waals surface area contributed by atoms with Crippen LogP contribution in [0.2, 0.25) is 0 Å². The summed E-state index contributed by atoms with van der Waals surface area (Å²) >= 11 is 0. The van der Waals surface area contributed by atoms with Crippen molar-refractivity contribution in [2.24, 2.45) is 5.73 Å². The SMILES string of the molecule is C=C/C(=C(\C=C/C)C(=O)OC(C)(C)C)c1ccc(Cn2c(OCC)nc(CC)c2CN)c(F)c1. The molecule has 0 radical (unpaired) electrons. The zero-order valence-electron chi connectivity index (χ0n) is 21.1. The molecule has 1 aromatic heterocycles. The summed E-state index contributed by atoms with van der Waals surface area (Å²) in [5.74, 6) is -0.914. The van der Waals surface area contributed by atoms with Gasteiger partial charge in [0.05, 0.1) is 30.1 Å². The van der Waals surface area contributed by atoms with Crippen LogP contribution in [0.25, 0.3) is 5.57 Å². The molecule has 7 heteroatoms. The number of imidazole rings is 1. The third-order valence-electron chi connectivity index (χ3n) is 5.06. The highest BCUT2D eigenvalue weighted by molar-refractivity contribution is 6.02. The maximum Gasteiger partial charge on any atom is 0.339 e. The van der Waals surface area contributed by atoms with Gasteiger partial charge in [0.1, 0.15) is 11.4 Å². The number of ether oxygens (including phenoxy) is 2. The maximum absolute atomic E-state index is 15.3. The van der Waals surface area contributed by atoms with Gasteiger partial charge in [0.2, 0.25) is 0 Å². The van der Waals surface area contributed by atoms with Crippen molar-refractivity contribution >= 4 is 11.5 Å². The first-order chi connectivity index (χ1) is 16.1. The summed E-state index contributed by atoms with van der Waals surface area (Å²) in [6.45, 7) is 15.8. The number of rotatable bonds is 10. The number of aromatic nitrogens is 2. The zero-order chi connectivity index (χ0) is 25.5. The van der Waals surface area contributed by atoms with Crippen LogP contribution < -0.4 is 10.5 Å². The van der Waals surface area contributed by atoms with Gasteiger partial charge in [-0.3, -0.25) is 4.57 Å². The topological polar surface area (TPSA) is 79.4 Å². The van der Waals surface area contributed by atoms with Gasteiger partial charge in [-0.05, 0) is 58.2 Å². The number of carbonyl (C=O) groups is 1. The Balaban J connectivity index is 2.52. The lowest BCUT2D eigenvalue weighted by molar-refractivity contribution is -0.149. The summed E-state index contributed by atoms with van der Waals surface area (Å²) in [6, 6.07) is 5.29. The largest absolute Gasteiger partial charge is 0.465 e. The molecule has 184 valence electrons. The fourth-order valence-corrected chi connectivity index (χ4v) is 3.59. The number of esters is 1. The Hall–Kier alpha value is -3.19. The van der Waals surface area contributed by atoms with Gasteiger partial charge in [0.15, 0.2) is 0 Å². The number of hydrogen-bond donors (Lipinski definition) is 1. The van der Waals surface area contributed by atoms with E-state index in [0.29, 0.717) is 41.3 Å². The number of benzene rings is 1. The standard InChI is InChI=1S/C27H36FN3O3/c1-8-12-21(25(32)34-27(5,6)7)20(9-2)18-13-14-19(22(28)15-18)17-31-24(16-29)23(10-3)30-26(31)33-11-4/h8-9,12-15H,2,10-11,16-17,29H2,1,3-7H3/b12-8-,21-20-. The van der Waals surface area contributed by atoms with Crippen LogP contribution >= 0.6 is 0 Å². The lowest BCUT2D eigenvalue weighted by Gasteiger charge is -2.21. The van der Waals surface area contributed by atoms with E-state index in [-0.39, 0.29) is 13.1 Å². The molecule has 0 bridgehead atoms. The van der Waals surface area contributed by atoms with Crippen LogP contribution in [0.4, 0.5) is 4.39 Å². The van der Waals surface area contributed by atoms with Crippen molar-refractivity contribution < 1.29 is 18.7 Å². The van der Waals surface area contributed by atoms with Crippen LogP contribution in [0, 0.1) is 5.82 Å². The molecule has 2 rings (SSSR count). The Morgan fingerprint density at radius 3 is 2.50 bits per heavy atom. The molecule has 0 spiro atoms. The second-order valence-corrected chi connectivity index (χ2v) is 8.70. The van der Waals surface area contributed by atoms with Crippen LogP contribution in [-0.2, 0) is 29.0 Å². The van der Waals surface area contributed by atoms with Gasteiger partial charge in [-0.25, -0.2) is 9.18 Å². The van der Waals surface area contributed by atoms with Crippen LogP contribution in [0.5, 0.6) is 6.01 Å². The fraction of sp³-hybridized carbons (Fsp3) is 0.407. The highest BCUT2D eigenvalue weighted by Crippen LogP contribution is 2.27. The Morgan fingerprint density at radius 1 is 1.29 bits per heavy atom. The molecule has 0 saturated heterocycles. The summed E-state index contributed by atoms with van der Waals surface area (Å²) in [6.07, 6.45) is 5.63. The molecule has 1 aromatic carbocycles. The van der Waals surface area contributed by atoms with Gasteiger partial charge in [-0.2, -0.15) is 4.98 Å². The third kappa shape index (κ3) is 6.44. The number of nitrogens with two attached hydrogens (primary N) is 1. The predicted molar refractivity (Wildman–Crippen MR) is 134 cm³/mol. The summed E-state index contributed by atoms with van der Waals surface area (Å²) in [7, 11) is 0. The number of carbonyl (C=O) groups excluding carboxylic acids is 1. The van der Waals surface area contributed by atoms with E-state index < -0.39 is 17.4 Å². The molecule has 0 unspecified atom stereocenters. The molecule has 0 atom stereocenters. The average molecular weight is 470 g/mol. The van der Waals surface area contributed by atoms with Gasteiger partial charge in [0.25, 0.3) is 6.01 Å². The summed E-state index contributed by atoms with van der Waals surface area (Å²) in [5, 5.41) is 0. The molecule has 0 fully saturated rings. The first-order valence-corrected chi connectivity index (χ1v) is 11.5. The van der Waals surface area contributed by atoms with Gasteiger partial charge in [-0.1, -0.05) is 43.9 Å². The maximum atomic E-state index is 15.3. The summed E-state index contributed by atoms with van der Waals surface area (Å²) in [5.41, 5.74) is 8.75. The van der Waals surface area contributed by atoms with Crippen LogP contribution in [0.1, 0.15) is 64.1 Å². The van der Waals surface area contributed by atoms with Crippen molar-refractivity contribution in [2.45, 2.75) is 66.7 Å². The molecule has 1 heterocycles. The normalized spacial score (nSPS) is 12.6. The summed E-state index contributed by atoms with van der Waals surface area (Å²) < 4.78 is 28.3. The molecule has 0 amide bonds. The zero-order valence-corrected chi connectivity index (χ0v) is 21.1. The highest BCUT2D eigenvalue weighted by Gasteiger charge is 2.22. The van der Waals surface area contributed by atoms with Crippen molar-refractivity contribution in [1.82, 2.24) is 9.55 Å². The van der Waals surface area contributed by atoms with Gasteiger partial charge < -0.3 is 15.2 Å². The molecular weight excluding hydrogens is 433 g/mol. The fourth-order valence-electron chi connectivity index (χ4n) is 3.59. The van der Waals surface area contributed by atoms with E-state index >= 15 is 4.39 Å². The Morgan fingerprint density at radius 2 is 2.00 bits per heavy atom. The van der Waals surface area contributed by atoms with E-state index in [2.05, 4.69) is 11.6 Å². The lowest BCUT2D eigenvalue weighted by Crippen LogP contribution is -2.25. The second kappa shape index (κ2) is 11.8. The van der Waals surface area contributed by atoms with Crippen molar-refractivity contribution in [2.75, 3.05) is 6.61 Å². The average Bonchev–Trinajstić information content (AvgIpc) is 3.10. The number of halogens is 1. The molecule has 34 heavy (non-hydrogen) atoms. The number of hydrogen-bond acceptors (Lipinski definition) is 5. The first kappa shape index (κ1) is 27.1. The first-order valence-electron chi connectivity index (χ1n) is 11.5. The molecule has 0 aliphatic rings. The van der Waals surface area contributed by atoms with E-state index in [0.717, 1.165) is 11.4 Å². The molecule has 0 aliphatic heterocycles. The van der Waals surface area contributed by atoms with E-state index in [1.165, 1.54) is 12.1 Å². The van der Waals surface area contributed by atoms with E-state index in [4.69, 9.17) is 15.2 Å². The molecule has 0 saturated carbocycles. The van der Waals surface area contributed by atoms with Crippen LogP contribution in [0.15, 0.2) is 48.6 Å². The Labute approximate surface area is 202 Å². The van der Waals surface area contributed by atoms with Crippen LogP contribution in [-0.4, -0.2) is 27.7 Å². The minimum Gasteiger partial charge on any atom is -0.465 e. The minimum absolute atomic E-state index is 0.224. The van der Waals surface area contributed by atoms with Crippen molar-refractivity contribution in [3.63, 3.8) is 0 Å². The lowest BCUT2D eigenvalue weighted by atomic mass is 9.97. The molecular formula is C27H36FN3O3. The van der Waals surface area contributed by atoms with E-state index in [9.17, 15) is 4.79 Å². The number of allylic oxidation sites excluding steroid dienone is 3. The predicted octanol–water partition coefficient (Wildman–Crippen LogP) is 5.35. The van der Waals surface area contributed by atoms with E-state index in [1.54, 1.807) is 52.0 Å². The third-order valence-corrected chi connectivity index (χ3v) is 5.06. The van der Waals surface area contributed by atoms with Crippen molar-refractivity contribution in [3.8, 4) is 6.01 Å². The molecule has 6 nitrogen and oxygen atoms in total. The second-order valence-electron chi connectivity index (χ2n) is 8.70. The van der Waals surface area contributed by atoms with E-state index in [1.807, 2.05) is 18.4 Å². The number of aryl methyl sites for hydroxylation is 1. The molecule has 2 N–H and O–H groups in total. The smallest absolute Gasteiger partial charge is 0.339 e. The number of nitrogens with zero attached hydrogens (tertiary/aromatic N) is 2. The molecule has 0 aliphatic carbocycles. The van der Waals surface area contributed by atoms with Gasteiger partial charge in [-0.15, -0.1) is 0 Å². The van der Waals surface area contributed by atoms with Crippen molar-refractivity contribution in [3.05, 3.63) is 76.9 Å². The minimum atomic E-state index is -0.660. The Kier molecular flexibility index (Phi) is 9.38.